The van der Waals surface area contributed by atoms with Crippen molar-refractivity contribution in [3.8, 4) is 5.69 Å². The van der Waals surface area contributed by atoms with Gasteiger partial charge in [-0.2, -0.15) is 5.10 Å². The van der Waals surface area contributed by atoms with Crippen LogP contribution in [-0.2, 0) is 11.3 Å². The first kappa shape index (κ1) is 16.9. The second-order valence-electron chi connectivity index (χ2n) is 5.76. The minimum Gasteiger partial charge on any atom is -0.380 e. The molecule has 1 amide bonds. The van der Waals surface area contributed by atoms with Crippen molar-refractivity contribution in [3.63, 3.8) is 0 Å². The van der Waals surface area contributed by atoms with Gasteiger partial charge in [0.05, 0.1) is 18.3 Å². The third-order valence-corrected chi connectivity index (χ3v) is 3.95. The first-order chi connectivity index (χ1) is 12.2. The maximum Gasteiger partial charge on any atom is 0.251 e. The number of amides is 1. The van der Waals surface area contributed by atoms with E-state index >= 15 is 0 Å². The van der Waals surface area contributed by atoms with Crippen molar-refractivity contribution >= 4 is 5.91 Å². The van der Waals surface area contributed by atoms with Crippen molar-refractivity contribution < 1.29 is 9.53 Å². The largest absolute Gasteiger partial charge is 0.380 e. The number of benzene rings is 2. The van der Waals surface area contributed by atoms with E-state index < -0.39 is 0 Å². The molecule has 0 aliphatic rings. The van der Waals surface area contributed by atoms with E-state index in [1.165, 1.54) is 6.33 Å². The Morgan fingerprint density at radius 1 is 1.16 bits per heavy atom. The van der Waals surface area contributed by atoms with Gasteiger partial charge in [0.1, 0.15) is 12.7 Å². The lowest BCUT2D eigenvalue weighted by molar-refractivity contribution is 0.0940. The molecule has 1 atom stereocenters. The highest BCUT2D eigenvalue weighted by Gasteiger charge is 2.11. The first-order valence-electron chi connectivity index (χ1n) is 8.01. The minimum absolute atomic E-state index is 0.100. The number of aromatic nitrogens is 3. The normalized spacial score (nSPS) is 11.9. The van der Waals surface area contributed by atoms with E-state index in [1.807, 2.05) is 55.5 Å². The first-order valence-corrected chi connectivity index (χ1v) is 8.01. The van der Waals surface area contributed by atoms with Gasteiger partial charge in [0, 0.05) is 12.7 Å². The lowest BCUT2D eigenvalue weighted by Crippen LogP contribution is -2.26. The van der Waals surface area contributed by atoms with Crippen LogP contribution in [0.2, 0.25) is 0 Å². The van der Waals surface area contributed by atoms with Gasteiger partial charge in [0.2, 0.25) is 0 Å². The number of carbonyl (C=O) groups is 1. The van der Waals surface area contributed by atoms with E-state index in [0.29, 0.717) is 12.2 Å². The summed E-state index contributed by atoms with van der Waals surface area (Å²) in [4.78, 5) is 16.3. The van der Waals surface area contributed by atoms with Crippen LogP contribution in [0.15, 0.2) is 61.2 Å². The topological polar surface area (TPSA) is 69.0 Å². The summed E-state index contributed by atoms with van der Waals surface area (Å²) in [6, 6.07) is 15.2. The molecule has 0 saturated carbocycles. The molecule has 3 aromatic rings. The average molecular weight is 336 g/mol. The van der Waals surface area contributed by atoms with Gasteiger partial charge in [-0.15, -0.1) is 0 Å². The Hall–Kier alpha value is -2.99. The molecule has 0 fully saturated rings. The maximum absolute atomic E-state index is 12.4. The molecule has 6 heteroatoms. The molecule has 0 radical (unpaired) electrons. The lowest BCUT2D eigenvalue weighted by Gasteiger charge is -2.15. The molecule has 1 unspecified atom stereocenters. The monoisotopic (exact) mass is 336 g/mol. The zero-order valence-electron chi connectivity index (χ0n) is 14.2. The van der Waals surface area contributed by atoms with E-state index in [0.717, 1.165) is 16.8 Å². The Labute approximate surface area is 146 Å². The summed E-state index contributed by atoms with van der Waals surface area (Å²) in [5.41, 5.74) is 3.61. The van der Waals surface area contributed by atoms with Crippen molar-refractivity contribution in [2.75, 3.05) is 7.11 Å². The summed E-state index contributed by atoms with van der Waals surface area (Å²) in [5, 5.41) is 7.11. The molecule has 0 aliphatic carbocycles. The molecule has 0 spiro atoms. The van der Waals surface area contributed by atoms with Crippen LogP contribution in [0.5, 0.6) is 0 Å². The minimum atomic E-state index is -0.101. The van der Waals surface area contributed by atoms with E-state index in [4.69, 9.17) is 4.74 Å². The van der Waals surface area contributed by atoms with Crippen molar-refractivity contribution in [3.05, 3.63) is 77.9 Å². The van der Waals surface area contributed by atoms with Crippen LogP contribution in [0.3, 0.4) is 0 Å². The smallest absolute Gasteiger partial charge is 0.251 e. The van der Waals surface area contributed by atoms with Gasteiger partial charge < -0.3 is 10.1 Å². The summed E-state index contributed by atoms with van der Waals surface area (Å²) >= 11 is 0. The lowest BCUT2D eigenvalue weighted by atomic mass is 10.1. The Morgan fingerprint density at radius 3 is 2.48 bits per heavy atom. The third kappa shape index (κ3) is 4.10. The second-order valence-corrected chi connectivity index (χ2v) is 5.76. The third-order valence-electron chi connectivity index (χ3n) is 3.95. The highest BCUT2D eigenvalue weighted by Crippen LogP contribution is 2.16. The van der Waals surface area contributed by atoms with Crippen LogP contribution >= 0.6 is 0 Å². The molecule has 1 heterocycles. The molecule has 0 aliphatic heterocycles. The standard InChI is InChI=1S/C19H20N4O2/c1-14(16-7-9-18(10-8-16)23-13-20-12-21-23)22-19(24)17-5-3-15(4-6-17)11-25-2/h3-10,12-14H,11H2,1-2H3,(H,22,24). The van der Waals surface area contributed by atoms with Crippen LogP contribution < -0.4 is 5.32 Å². The summed E-state index contributed by atoms with van der Waals surface area (Å²) in [6.07, 6.45) is 3.14. The molecular weight excluding hydrogens is 316 g/mol. The van der Waals surface area contributed by atoms with E-state index in [1.54, 1.807) is 18.1 Å². The zero-order chi connectivity index (χ0) is 17.6. The number of carbonyl (C=O) groups excluding carboxylic acids is 1. The maximum atomic E-state index is 12.4. The summed E-state index contributed by atoms with van der Waals surface area (Å²) in [6.45, 7) is 2.50. The molecule has 1 N–H and O–H groups in total. The van der Waals surface area contributed by atoms with Crippen molar-refractivity contribution in [1.82, 2.24) is 20.1 Å². The van der Waals surface area contributed by atoms with Crippen LogP contribution in [0.4, 0.5) is 0 Å². The Kier molecular flexibility index (Phi) is 5.20. The molecule has 1 aromatic heterocycles. The fourth-order valence-electron chi connectivity index (χ4n) is 2.54. The SMILES string of the molecule is COCc1ccc(C(=O)NC(C)c2ccc(-n3cncn3)cc2)cc1. The van der Waals surface area contributed by atoms with Gasteiger partial charge in [-0.05, 0) is 42.3 Å². The highest BCUT2D eigenvalue weighted by molar-refractivity contribution is 5.94. The average Bonchev–Trinajstić information content (AvgIpc) is 3.17. The summed E-state index contributed by atoms with van der Waals surface area (Å²) < 4.78 is 6.77. The predicted molar refractivity (Wildman–Crippen MR) is 94.4 cm³/mol. The molecule has 3 rings (SSSR count). The number of hydrogen-bond donors (Lipinski definition) is 1. The number of ether oxygens (including phenoxy) is 1. The Balaban J connectivity index is 1.64. The fraction of sp³-hybridized carbons (Fsp3) is 0.211. The molecule has 0 bridgehead atoms. The van der Waals surface area contributed by atoms with Crippen molar-refractivity contribution in [2.24, 2.45) is 0 Å². The highest BCUT2D eigenvalue weighted by atomic mass is 16.5. The fourth-order valence-corrected chi connectivity index (χ4v) is 2.54. The molecule has 25 heavy (non-hydrogen) atoms. The van der Waals surface area contributed by atoms with Gasteiger partial charge in [-0.1, -0.05) is 24.3 Å². The Morgan fingerprint density at radius 2 is 1.88 bits per heavy atom. The zero-order valence-corrected chi connectivity index (χ0v) is 14.2. The summed E-state index contributed by atoms with van der Waals surface area (Å²) in [7, 11) is 1.65. The van der Waals surface area contributed by atoms with Gasteiger partial charge in [-0.25, -0.2) is 9.67 Å². The number of methoxy groups -OCH3 is 1. The van der Waals surface area contributed by atoms with Gasteiger partial charge in [0.25, 0.3) is 5.91 Å². The molecule has 128 valence electrons. The number of hydrogen-bond acceptors (Lipinski definition) is 4. The second kappa shape index (κ2) is 7.72. The van der Waals surface area contributed by atoms with Crippen molar-refractivity contribution in [1.29, 1.82) is 0 Å². The van der Waals surface area contributed by atoms with Gasteiger partial charge >= 0.3 is 0 Å². The van der Waals surface area contributed by atoms with Crippen LogP contribution in [0.25, 0.3) is 5.69 Å². The van der Waals surface area contributed by atoms with Crippen LogP contribution in [0.1, 0.15) is 34.5 Å². The predicted octanol–water partition coefficient (Wildman–Crippen LogP) is 2.90. The summed E-state index contributed by atoms with van der Waals surface area (Å²) in [5.74, 6) is -0.100. The number of nitrogens with one attached hydrogen (secondary N) is 1. The molecule has 0 saturated heterocycles. The molecular formula is C19H20N4O2. The number of nitrogens with zero attached hydrogens (tertiary/aromatic N) is 3. The van der Waals surface area contributed by atoms with Crippen LogP contribution in [0, 0.1) is 0 Å². The van der Waals surface area contributed by atoms with Crippen molar-refractivity contribution in [2.45, 2.75) is 19.6 Å². The van der Waals surface area contributed by atoms with Gasteiger partial charge in [-0.3, -0.25) is 4.79 Å². The number of rotatable bonds is 6. The quantitative estimate of drug-likeness (QED) is 0.751. The van der Waals surface area contributed by atoms with E-state index in [9.17, 15) is 4.79 Å². The molecule has 2 aromatic carbocycles. The van der Waals surface area contributed by atoms with E-state index in [2.05, 4.69) is 15.4 Å². The van der Waals surface area contributed by atoms with E-state index in [-0.39, 0.29) is 11.9 Å². The molecule has 6 nitrogen and oxygen atoms in total. The van der Waals surface area contributed by atoms with Gasteiger partial charge in [0.15, 0.2) is 0 Å². The van der Waals surface area contributed by atoms with Crippen LogP contribution in [-0.4, -0.2) is 27.8 Å². The Bertz CT molecular complexity index is 812.